The van der Waals surface area contributed by atoms with Gasteiger partial charge in [-0.3, -0.25) is 4.79 Å². The largest absolute Gasteiger partial charge is 0.497 e. The fourth-order valence-corrected chi connectivity index (χ4v) is 4.52. The van der Waals surface area contributed by atoms with Crippen LogP contribution in [0.2, 0.25) is 0 Å². The normalized spacial score (nSPS) is 10.7. The lowest BCUT2D eigenvalue weighted by Crippen LogP contribution is -2.41. The molecule has 0 aliphatic carbocycles. The molecule has 3 aromatic carbocycles. The quantitative estimate of drug-likeness (QED) is 0.266. The Balaban J connectivity index is 1.62. The Morgan fingerprint density at radius 2 is 1.67 bits per heavy atom. The molecule has 4 aromatic rings. The summed E-state index contributed by atoms with van der Waals surface area (Å²) in [6, 6.07) is 22.8. The number of rotatable bonds is 9. The van der Waals surface area contributed by atoms with Crippen LogP contribution in [0.25, 0.3) is 16.8 Å². The molecule has 0 aliphatic heterocycles. The van der Waals surface area contributed by atoms with E-state index in [0.29, 0.717) is 18.8 Å². The Bertz CT molecular complexity index is 1450. The highest BCUT2D eigenvalue weighted by molar-refractivity contribution is 5.99. The lowest BCUT2D eigenvalue weighted by molar-refractivity contribution is -0.116. The number of aromatic nitrogens is 2. The van der Waals surface area contributed by atoms with Gasteiger partial charge in [-0.25, -0.2) is 9.48 Å². The molecule has 0 unspecified atom stereocenters. The number of nitrogens with zero attached hydrogens (tertiary/aromatic N) is 3. The second-order valence-electron chi connectivity index (χ2n) is 9.50. The van der Waals surface area contributed by atoms with Gasteiger partial charge in [-0.1, -0.05) is 55.0 Å². The summed E-state index contributed by atoms with van der Waals surface area (Å²) in [5.74, 6) is 0.952. The Morgan fingerprint density at radius 3 is 2.31 bits per heavy atom. The second kappa shape index (κ2) is 12.3. The molecule has 0 fully saturated rings. The number of hydrogen-bond acceptors (Lipinski definition) is 4. The highest BCUT2D eigenvalue weighted by Gasteiger charge is 2.23. The van der Waals surface area contributed by atoms with Gasteiger partial charge < -0.3 is 20.3 Å². The maximum absolute atomic E-state index is 13.4. The van der Waals surface area contributed by atoms with Crippen molar-refractivity contribution in [3.05, 3.63) is 89.6 Å². The van der Waals surface area contributed by atoms with Gasteiger partial charge in [0.25, 0.3) is 0 Å². The van der Waals surface area contributed by atoms with Crippen LogP contribution in [0, 0.1) is 20.8 Å². The monoisotopic (exact) mass is 525 g/mol. The molecule has 0 atom stereocenters. The van der Waals surface area contributed by atoms with Crippen LogP contribution in [-0.2, 0) is 4.79 Å². The summed E-state index contributed by atoms with van der Waals surface area (Å²) in [7, 11) is 1.62. The minimum atomic E-state index is -0.318. The molecule has 0 bridgehead atoms. The Hall–Kier alpha value is -4.59. The van der Waals surface area contributed by atoms with E-state index >= 15 is 0 Å². The van der Waals surface area contributed by atoms with E-state index in [1.54, 1.807) is 11.8 Å². The zero-order chi connectivity index (χ0) is 27.9. The number of urea groups is 1. The zero-order valence-electron chi connectivity index (χ0n) is 23.1. The highest BCUT2D eigenvalue weighted by Crippen LogP contribution is 2.33. The smallest absolute Gasteiger partial charge is 0.322 e. The maximum Gasteiger partial charge on any atom is 0.322 e. The van der Waals surface area contributed by atoms with Gasteiger partial charge in [-0.05, 0) is 68.7 Å². The van der Waals surface area contributed by atoms with Crippen LogP contribution in [0.15, 0.2) is 72.8 Å². The first-order valence-corrected chi connectivity index (χ1v) is 13.0. The van der Waals surface area contributed by atoms with Crippen molar-refractivity contribution < 1.29 is 14.3 Å². The number of aryl methyl sites for hydroxylation is 3. The first-order chi connectivity index (χ1) is 18.8. The van der Waals surface area contributed by atoms with Gasteiger partial charge in [-0.15, -0.1) is 0 Å². The molecular formula is C31H35N5O3. The number of hydrogen-bond donors (Lipinski definition) is 2. The highest BCUT2D eigenvalue weighted by atomic mass is 16.5. The third kappa shape index (κ3) is 6.46. The van der Waals surface area contributed by atoms with Gasteiger partial charge in [0, 0.05) is 17.8 Å². The van der Waals surface area contributed by atoms with Crippen molar-refractivity contribution in [3.63, 3.8) is 0 Å². The van der Waals surface area contributed by atoms with E-state index in [2.05, 4.69) is 10.6 Å². The van der Waals surface area contributed by atoms with Crippen LogP contribution in [0.3, 0.4) is 0 Å². The topological polar surface area (TPSA) is 88.5 Å². The van der Waals surface area contributed by atoms with Crippen molar-refractivity contribution in [2.45, 2.75) is 34.1 Å². The van der Waals surface area contributed by atoms with Crippen molar-refractivity contribution in [2.75, 3.05) is 30.8 Å². The van der Waals surface area contributed by atoms with Gasteiger partial charge in [0.2, 0.25) is 5.91 Å². The summed E-state index contributed by atoms with van der Waals surface area (Å²) in [5, 5.41) is 10.8. The average Bonchev–Trinajstić information content (AvgIpc) is 3.25. The van der Waals surface area contributed by atoms with E-state index in [4.69, 9.17) is 9.84 Å². The number of carbonyl (C=O) groups excluding carboxylic acids is 2. The summed E-state index contributed by atoms with van der Waals surface area (Å²) in [6.45, 7) is 8.18. The van der Waals surface area contributed by atoms with Gasteiger partial charge >= 0.3 is 6.03 Å². The van der Waals surface area contributed by atoms with E-state index in [1.165, 1.54) is 4.90 Å². The molecule has 1 heterocycles. The predicted octanol–water partition coefficient (Wildman–Crippen LogP) is 6.36. The molecule has 2 N–H and O–H groups in total. The lowest BCUT2D eigenvalue weighted by Gasteiger charge is -2.23. The third-order valence-electron chi connectivity index (χ3n) is 6.44. The summed E-state index contributed by atoms with van der Waals surface area (Å²) in [4.78, 5) is 28.1. The minimum Gasteiger partial charge on any atom is -0.497 e. The van der Waals surface area contributed by atoms with Crippen LogP contribution < -0.4 is 15.4 Å². The standard InChI is InChI=1S/C31H35N5O3/c1-6-18-35(31(38)32-27-17-12-21(2)19-22(27)3)20-28(37)33-30-29(24-10-8-7-9-11-24)23(4)34-36(30)25-13-15-26(39-5)16-14-25/h7-17,19H,6,18,20H2,1-5H3,(H,32,38)(H,33,37). The molecule has 39 heavy (non-hydrogen) atoms. The van der Waals surface area contributed by atoms with Crippen LogP contribution in [0.5, 0.6) is 5.75 Å². The first kappa shape index (κ1) is 27.4. The summed E-state index contributed by atoms with van der Waals surface area (Å²) < 4.78 is 7.02. The summed E-state index contributed by atoms with van der Waals surface area (Å²) in [6.07, 6.45) is 0.714. The fraction of sp³-hybridized carbons (Fsp3) is 0.258. The zero-order valence-corrected chi connectivity index (χ0v) is 23.1. The van der Waals surface area contributed by atoms with Crippen molar-refractivity contribution >= 4 is 23.4 Å². The maximum atomic E-state index is 13.4. The predicted molar refractivity (Wildman–Crippen MR) is 156 cm³/mol. The number of ether oxygens (including phenoxy) is 1. The average molecular weight is 526 g/mol. The minimum absolute atomic E-state index is 0.106. The molecule has 8 nitrogen and oxygen atoms in total. The van der Waals surface area contributed by atoms with Gasteiger partial charge in [0.05, 0.1) is 18.5 Å². The molecule has 1 aromatic heterocycles. The molecular weight excluding hydrogens is 490 g/mol. The Kier molecular flexibility index (Phi) is 8.66. The van der Waals surface area contributed by atoms with E-state index in [1.807, 2.05) is 100 Å². The van der Waals surface area contributed by atoms with E-state index in [9.17, 15) is 9.59 Å². The van der Waals surface area contributed by atoms with Crippen LogP contribution in [-0.4, -0.2) is 46.8 Å². The molecule has 0 radical (unpaired) electrons. The van der Waals surface area contributed by atoms with Gasteiger partial charge in [0.15, 0.2) is 0 Å². The molecule has 4 rings (SSSR count). The molecule has 0 spiro atoms. The van der Waals surface area contributed by atoms with Crippen LogP contribution >= 0.6 is 0 Å². The summed E-state index contributed by atoms with van der Waals surface area (Å²) >= 11 is 0. The number of amides is 3. The van der Waals surface area contributed by atoms with Gasteiger partial charge in [-0.2, -0.15) is 5.10 Å². The Morgan fingerprint density at radius 1 is 0.949 bits per heavy atom. The van der Waals surface area contributed by atoms with Crippen LogP contribution in [0.4, 0.5) is 16.3 Å². The Labute approximate surface area is 229 Å². The second-order valence-corrected chi connectivity index (χ2v) is 9.50. The first-order valence-electron chi connectivity index (χ1n) is 13.0. The van der Waals surface area contributed by atoms with Crippen molar-refractivity contribution in [3.8, 4) is 22.6 Å². The summed E-state index contributed by atoms with van der Waals surface area (Å²) in [5.41, 5.74) is 6.11. The number of carbonyl (C=O) groups is 2. The molecule has 0 aliphatic rings. The fourth-order valence-electron chi connectivity index (χ4n) is 4.52. The van der Waals surface area contributed by atoms with Crippen molar-refractivity contribution in [2.24, 2.45) is 0 Å². The van der Waals surface area contributed by atoms with E-state index in [-0.39, 0.29) is 18.5 Å². The number of benzene rings is 3. The molecule has 0 saturated carbocycles. The molecule has 3 amide bonds. The van der Waals surface area contributed by atoms with Crippen LogP contribution in [0.1, 0.15) is 30.2 Å². The number of anilines is 2. The third-order valence-corrected chi connectivity index (χ3v) is 6.44. The molecule has 8 heteroatoms. The molecule has 202 valence electrons. The number of nitrogens with one attached hydrogen (secondary N) is 2. The van der Waals surface area contributed by atoms with Crippen molar-refractivity contribution in [1.29, 1.82) is 0 Å². The SMILES string of the molecule is CCCN(CC(=O)Nc1c(-c2ccccc2)c(C)nn1-c1ccc(OC)cc1)C(=O)Nc1ccc(C)cc1C. The number of methoxy groups -OCH3 is 1. The van der Waals surface area contributed by atoms with Crippen molar-refractivity contribution in [1.82, 2.24) is 14.7 Å². The van der Waals surface area contributed by atoms with E-state index < -0.39 is 0 Å². The van der Waals surface area contributed by atoms with E-state index in [0.717, 1.165) is 45.1 Å². The lowest BCUT2D eigenvalue weighted by atomic mass is 10.1. The van der Waals surface area contributed by atoms with Gasteiger partial charge in [0.1, 0.15) is 18.1 Å². The molecule has 0 saturated heterocycles.